The number of hydrogen-bond donors (Lipinski definition) is 1. The number of nitro groups is 1. The van der Waals surface area contributed by atoms with Crippen LogP contribution in [-0.2, 0) is 14.8 Å². The number of benzene rings is 2. The second kappa shape index (κ2) is 9.77. The summed E-state index contributed by atoms with van der Waals surface area (Å²) in [6.45, 7) is 1.93. The van der Waals surface area contributed by atoms with Gasteiger partial charge in [-0.2, -0.15) is 4.31 Å². The number of nitro benzene ring substituents is 1. The summed E-state index contributed by atoms with van der Waals surface area (Å²) in [5, 5.41) is 13.4. The van der Waals surface area contributed by atoms with Crippen molar-refractivity contribution in [1.82, 2.24) is 9.21 Å². The average Bonchev–Trinajstić information content (AvgIpc) is 2.80. The third-order valence-corrected chi connectivity index (χ3v) is 7.29. The zero-order chi connectivity index (χ0) is 24.3. The lowest BCUT2D eigenvalue weighted by Crippen LogP contribution is -2.54. The van der Waals surface area contributed by atoms with Crippen molar-refractivity contribution in [3.05, 3.63) is 58.1 Å². The van der Waals surface area contributed by atoms with Crippen LogP contribution in [0, 0.1) is 21.7 Å². The highest BCUT2D eigenvalue weighted by molar-refractivity contribution is 7.89. The molecule has 0 aromatic heterocycles. The summed E-state index contributed by atoms with van der Waals surface area (Å²) >= 11 is 0. The number of halogens is 2. The van der Waals surface area contributed by atoms with Crippen molar-refractivity contribution >= 4 is 27.3 Å². The molecular formula is C20H22F2N4O6S. The van der Waals surface area contributed by atoms with E-state index in [0.29, 0.717) is 0 Å². The monoisotopic (exact) mass is 484 g/mol. The maximum absolute atomic E-state index is 13.8. The fourth-order valence-electron chi connectivity index (χ4n) is 3.46. The Morgan fingerprint density at radius 3 is 2.30 bits per heavy atom. The molecule has 0 saturated carbocycles. The van der Waals surface area contributed by atoms with Crippen molar-refractivity contribution in [2.75, 3.05) is 38.6 Å². The predicted octanol–water partition coefficient (Wildman–Crippen LogP) is 2.22. The quantitative estimate of drug-likeness (QED) is 0.472. The molecule has 178 valence electrons. The first-order valence-corrected chi connectivity index (χ1v) is 11.3. The number of nitrogens with one attached hydrogen (secondary N) is 1. The molecule has 0 aliphatic carbocycles. The van der Waals surface area contributed by atoms with E-state index >= 15 is 0 Å². The van der Waals surface area contributed by atoms with Gasteiger partial charge in [-0.15, -0.1) is 0 Å². The Kier molecular flexibility index (Phi) is 7.25. The van der Waals surface area contributed by atoms with Gasteiger partial charge in [0.1, 0.15) is 17.3 Å². The molecule has 13 heteroatoms. The molecule has 1 saturated heterocycles. The van der Waals surface area contributed by atoms with Crippen LogP contribution in [-0.4, -0.2) is 67.8 Å². The highest BCUT2D eigenvalue weighted by Crippen LogP contribution is 2.31. The number of carbonyl (C=O) groups excluding carboxylic acids is 1. The van der Waals surface area contributed by atoms with Gasteiger partial charge in [-0.3, -0.25) is 19.8 Å². The summed E-state index contributed by atoms with van der Waals surface area (Å²) in [6.07, 6.45) is 0. The van der Waals surface area contributed by atoms with Crippen LogP contribution in [0.25, 0.3) is 0 Å². The van der Waals surface area contributed by atoms with E-state index in [4.69, 9.17) is 4.74 Å². The molecule has 0 bridgehead atoms. The Bertz CT molecular complexity index is 1150. The Hall–Kier alpha value is -3.16. The van der Waals surface area contributed by atoms with Crippen LogP contribution in [0.2, 0.25) is 0 Å². The summed E-state index contributed by atoms with van der Waals surface area (Å²) in [4.78, 5) is 24.4. The molecule has 0 spiro atoms. The molecule has 1 fully saturated rings. The number of hydrogen-bond acceptors (Lipinski definition) is 7. The van der Waals surface area contributed by atoms with Crippen molar-refractivity contribution < 1.29 is 31.7 Å². The minimum atomic E-state index is -4.03. The number of piperazine rings is 1. The van der Waals surface area contributed by atoms with E-state index in [1.54, 1.807) is 11.8 Å². The Morgan fingerprint density at radius 1 is 1.15 bits per heavy atom. The summed E-state index contributed by atoms with van der Waals surface area (Å²) in [6, 6.07) is 5.84. The molecule has 1 heterocycles. The number of para-hydroxylation sites is 1. The molecule has 1 atom stereocenters. The first kappa shape index (κ1) is 24.5. The van der Waals surface area contributed by atoms with Crippen LogP contribution in [0.1, 0.15) is 6.92 Å². The standard InChI is InChI=1S/C20H22F2N4O6S/c1-13(20(27)23-19-15(21)4-3-5-16(19)22)24-8-10-25(11-9-24)33(30,31)14-6-7-18(32-2)17(12-14)26(28)29/h3-7,12-13H,8-11H2,1-2H3,(H,23,27). The molecule has 2 aromatic rings. The van der Waals surface area contributed by atoms with Gasteiger partial charge in [-0.1, -0.05) is 6.07 Å². The highest BCUT2D eigenvalue weighted by Gasteiger charge is 2.33. The molecular weight excluding hydrogens is 462 g/mol. The molecule has 2 aromatic carbocycles. The third kappa shape index (κ3) is 5.10. The van der Waals surface area contributed by atoms with E-state index in [2.05, 4.69) is 5.32 Å². The van der Waals surface area contributed by atoms with E-state index < -0.39 is 49.9 Å². The SMILES string of the molecule is COc1ccc(S(=O)(=O)N2CCN(C(C)C(=O)Nc3c(F)cccc3F)CC2)cc1[N+](=O)[O-]. The minimum absolute atomic E-state index is 0.0217. The van der Waals surface area contributed by atoms with Crippen molar-refractivity contribution in [2.24, 2.45) is 0 Å². The van der Waals surface area contributed by atoms with Gasteiger partial charge < -0.3 is 10.1 Å². The highest BCUT2D eigenvalue weighted by atomic mass is 32.2. The fraction of sp³-hybridized carbons (Fsp3) is 0.350. The van der Waals surface area contributed by atoms with Gasteiger partial charge in [0.25, 0.3) is 0 Å². The van der Waals surface area contributed by atoms with Crippen LogP contribution in [0.5, 0.6) is 5.75 Å². The van der Waals surface area contributed by atoms with E-state index in [1.165, 1.54) is 25.3 Å². The molecule has 1 N–H and O–H groups in total. The van der Waals surface area contributed by atoms with Crippen molar-refractivity contribution in [3.63, 3.8) is 0 Å². The van der Waals surface area contributed by atoms with Gasteiger partial charge in [-0.05, 0) is 31.2 Å². The van der Waals surface area contributed by atoms with Crippen molar-refractivity contribution in [3.8, 4) is 5.75 Å². The van der Waals surface area contributed by atoms with Gasteiger partial charge >= 0.3 is 5.69 Å². The number of rotatable bonds is 7. The Balaban J connectivity index is 1.68. The van der Waals surface area contributed by atoms with Crippen LogP contribution >= 0.6 is 0 Å². The molecule has 1 amide bonds. The van der Waals surface area contributed by atoms with Crippen molar-refractivity contribution in [1.29, 1.82) is 0 Å². The zero-order valence-electron chi connectivity index (χ0n) is 17.8. The lowest BCUT2D eigenvalue weighted by molar-refractivity contribution is -0.386. The van der Waals surface area contributed by atoms with E-state index in [0.717, 1.165) is 22.5 Å². The maximum atomic E-state index is 13.8. The van der Waals surface area contributed by atoms with E-state index in [1.807, 2.05) is 0 Å². The number of ether oxygens (including phenoxy) is 1. The normalized spacial score (nSPS) is 16.2. The lowest BCUT2D eigenvalue weighted by atomic mass is 10.2. The summed E-state index contributed by atoms with van der Waals surface area (Å²) in [5.74, 6) is -2.50. The van der Waals surface area contributed by atoms with Crippen LogP contribution in [0.4, 0.5) is 20.2 Å². The second-order valence-electron chi connectivity index (χ2n) is 7.29. The molecule has 1 unspecified atom stereocenters. The number of anilines is 1. The minimum Gasteiger partial charge on any atom is -0.490 e. The summed E-state index contributed by atoms with van der Waals surface area (Å²) < 4.78 is 59.6. The molecule has 1 aliphatic heterocycles. The van der Waals surface area contributed by atoms with E-state index in [-0.39, 0.29) is 36.8 Å². The molecule has 33 heavy (non-hydrogen) atoms. The number of nitrogens with zero attached hydrogens (tertiary/aromatic N) is 3. The molecule has 0 radical (unpaired) electrons. The Morgan fingerprint density at radius 2 is 1.76 bits per heavy atom. The lowest BCUT2D eigenvalue weighted by Gasteiger charge is -2.36. The fourth-order valence-corrected chi connectivity index (χ4v) is 4.91. The van der Waals surface area contributed by atoms with Gasteiger partial charge in [0.15, 0.2) is 5.75 Å². The topological polar surface area (TPSA) is 122 Å². The average molecular weight is 484 g/mol. The number of sulfonamides is 1. The van der Waals surface area contributed by atoms with Gasteiger partial charge in [-0.25, -0.2) is 17.2 Å². The maximum Gasteiger partial charge on any atom is 0.312 e. The van der Waals surface area contributed by atoms with E-state index in [9.17, 15) is 32.1 Å². The predicted molar refractivity (Wildman–Crippen MR) is 114 cm³/mol. The van der Waals surface area contributed by atoms with Crippen LogP contribution < -0.4 is 10.1 Å². The molecule has 3 rings (SSSR count). The molecule has 10 nitrogen and oxygen atoms in total. The summed E-state index contributed by atoms with van der Waals surface area (Å²) in [5.41, 5.74) is -1.01. The zero-order valence-corrected chi connectivity index (χ0v) is 18.6. The molecule has 1 aliphatic rings. The number of amides is 1. The Labute approximate surface area is 188 Å². The first-order chi connectivity index (χ1) is 15.6. The van der Waals surface area contributed by atoms with Crippen LogP contribution in [0.3, 0.4) is 0 Å². The van der Waals surface area contributed by atoms with Crippen molar-refractivity contribution in [2.45, 2.75) is 17.9 Å². The van der Waals surface area contributed by atoms with Gasteiger partial charge in [0.2, 0.25) is 15.9 Å². The second-order valence-corrected chi connectivity index (χ2v) is 9.23. The summed E-state index contributed by atoms with van der Waals surface area (Å²) in [7, 11) is -2.78. The number of carbonyl (C=O) groups is 1. The van der Waals surface area contributed by atoms with Gasteiger partial charge in [0.05, 0.1) is 23.0 Å². The van der Waals surface area contributed by atoms with Crippen LogP contribution in [0.15, 0.2) is 41.3 Å². The largest absolute Gasteiger partial charge is 0.490 e. The van der Waals surface area contributed by atoms with Gasteiger partial charge in [0, 0.05) is 32.2 Å². The number of methoxy groups -OCH3 is 1. The third-order valence-electron chi connectivity index (χ3n) is 5.40. The smallest absolute Gasteiger partial charge is 0.312 e. The first-order valence-electron chi connectivity index (χ1n) is 9.87.